The summed E-state index contributed by atoms with van der Waals surface area (Å²) < 4.78 is 58.0. The Morgan fingerprint density at radius 1 is 1.00 bits per heavy atom. The van der Waals surface area contributed by atoms with Crippen LogP contribution in [0.25, 0.3) is 11.1 Å². The lowest BCUT2D eigenvalue weighted by Gasteiger charge is -2.18. The van der Waals surface area contributed by atoms with Crippen LogP contribution in [-0.4, -0.2) is 33.4 Å². The number of ether oxygens (including phenoxy) is 3. The molecule has 6 nitrogen and oxygen atoms in total. The zero-order chi connectivity index (χ0) is 28.9. The summed E-state index contributed by atoms with van der Waals surface area (Å²) in [5, 5.41) is -0.699. The largest absolute Gasteiger partial charge is 0.497 e. The maximum Gasteiger partial charge on any atom is 0.306 e. The standard InChI is InChI=1S/C32H37FO6S/c1-5-38-32(34)18-25(15-22-9-10-22)24-7-6-8-27(17-24)39-20-23-11-13-28(31(16-23)40(35,36)21(2)3)29-19-26(37-4)12-14-30(29)33/h6-8,11-14,16-17,19,21-22,25H,5,9-10,15,18,20H2,1-4H3/t25-/m1/s1. The number of carbonyl (C=O) groups excluding carboxylic acids is 1. The fraction of sp³-hybridized carbons (Fsp3) is 0.406. The van der Waals surface area contributed by atoms with Crippen LogP contribution in [0.1, 0.15) is 63.5 Å². The second kappa shape index (κ2) is 12.9. The summed E-state index contributed by atoms with van der Waals surface area (Å²) in [5.74, 6) is 1.00. The van der Waals surface area contributed by atoms with Crippen molar-refractivity contribution in [3.8, 4) is 22.6 Å². The van der Waals surface area contributed by atoms with E-state index in [4.69, 9.17) is 14.2 Å². The highest BCUT2D eigenvalue weighted by atomic mass is 32.2. The van der Waals surface area contributed by atoms with Crippen LogP contribution >= 0.6 is 0 Å². The van der Waals surface area contributed by atoms with E-state index in [1.165, 1.54) is 38.2 Å². The van der Waals surface area contributed by atoms with Gasteiger partial charge in [-0.3, -0.25) is 4.79 Å². The molecule has 0 aromatic heterocycles. The van der Waals surface area contributed by atoms with Crippen molar-refractivity contribution < 1.29 is 31.8 Å². The molecule has 0 unspecified atom stereocenters. The molecule has 4 rings (SSSR count). The number of rotatable bonds is 13. The molecule has 0 radical (unpaired) electrons. The maximum atomic E-state index is 14.8. The maximum absolute atomic E-state index is 14.8. The van der Waals surface area contributed by atoms with Crippen molar-refractivity contribution in [1.29, 1.82) is 0 Å². The molecule has 1 atom stereocenters. The first-order valence-electron chi connectivity index (χ1n) is 13.7. The van der Waals surface area contributed by atoms with E-state index in [9.17, 15) is 17.6 Å². The summed E-state index contributed by atoms with van der Waals surface area (Å²) in [7, 11) is -2.27. The highest BCUT2D eigenvalue weighted by Gasteiger charge is 2.29. The van der Waals surface area contributed by atoms with E-state index in [0.29, 0.717) is 36.0 Å². The molecule has 0 spiro atoms. The van der Waals surface area contributed by atoms with Gasteiger partial charge in [-0.2, -0.15) is 0 Å². The van der Waals surface area contributed by atoms with Crippen molar-refractivity contribution in [2.24, 2.45) is 5.92 Å². The van der Waals surface area contributed by atoms with E-state index >= 15 is 0 Å². The Bertz CT molecular complexity index is 1450. The Morgan fingerprint density at radius 3 is 2.45 bits per heavy atom. The molecule has 3 aromatic carbocycles. The number of carbonyl (C=O) groups is 1. The predicted molar refractivity (Wildman–Crippen MR) is 153 cm³/mol. The number of esters is 1. The molecule has 214 valence electrons. The Morgan fingerprint density at radius 2 is 1.77 bits per heavy atom. The van der Waals surface area contributed by atoms with Gasteiger partial charge in [-0.05, 0) is 86.6 Å². The van der Waals surface area contributed by atoms with Crippen LogP contribution in [0, 0.1) is 11.7 Å². The number of hydrogen-bond acceptors (Lipinski definition) is 6. The fourth-order valence-corrected chi connectivity index (χ4v) is 6.05. The first kappa shape index (κ1) is 29.6. The van der Waals surface area contributed by atoms with Crippen molar-refractivity contribution in [3.05, 3.63) is 77.6 Å². The molecular weight excluding hydrogens is 531 g/mol. The lowest BCUT2D eigenvalue weighted by Crippen LogP contribution is -2.16. The number of sulfone groups is 1. The van der Waals surface area contributed by atoms with E-state index in [1.807, 2.05) is 24.3 Å². The van der Waals surface area contributed by atoms with Crippen LogP contribution in [0.15, 0.2) is 65.6 Å². The van der Waals surface area contributed by atoms with Crippen molar-refractivity contribution in [1.82, 2.24) is 0 Å². The third-order valence-corrected chi connectivity index (χ3v) is 9.40. The lowest BCUT2D eigenvalue weighted by atomic mass is 9.90. The van der Waals surface area contributed by atoms with Crippen molar-refractivity contribution in [2.75, 3.05) is 13.7 Å². The summed E-state index contributed by atoms with van der Waals surface area (Å²) in [4.78, 5) is 12.3. The second-order valence-corrected chi connectivity index (χ2v) is 13.0. The highest BCUT2D eigenvalue weighted by molar-refractivity contribution is 7.92. The summed E-state index contributed by atoms with van der Waals surface area (Å²) in [6, 6.07) is 16.9. The van der Waals surface area contributed by atoms with Gasteiger partial charge in [-0.15, -0.1) is 0 Å². The first-order chi connectivity index (χ1) is 19.1. The van der Waals surface area contributed by atoms with Gasteiger partial charge in [0.1, 0.15) is 23.9 Å². The van der Waals surface area contributed by atoms with Crippen LogP contribution in [-0.2, 0) is 26.0 Å². The molecular formula is C32H37FO6S. The molecule has 1 saturated carbocycles. The fourth-order valence-electron chi connectivity index (χ4n) is 4.75. The van der Waals surface area contributed by atoms with Crippen molar-refractivity contribution >= 4 is 15.8 Å². The van der Waals surface area contributed by atoms with E-state index < -0.39 is 20.9 Å². The molecule has 1 aliphatic rings. The molecule has 1 fully saturated rings. The molecule has 1 aliphatic carbocycles. The topological polar surface area (TPSA) is 78.9 Å². The number of benzene rings is 3. The third-order valence-electron chi connectivity index (χ3n) is 7.21. The van der Waals surface area contributed by atoms with Crippen LogP contribution < -0.4 is 9.47 Å². The minimum Gasteiger partial charge on any atom is -0.497 e. The zero-order valence-corrected chi connectivity index (χ0v) is 24.3. The monoisotopic (exact) mass is 568 g/mol. The molecule has 0 N–H and O–H groups in total. The number of methoxy groups -OCH3 is 1. The molecule has 8 heteroatoms. The van der Waals surface area contributed by atoms with Gasteiger partial charge < -0.3 is 14.2 Å². The average Bonchev–Trinajstić information content (AvgIpc) is 3.76. The highest BCUT2D eigenvalue weighted by Crippen LogP contribution is 2.41. The summed E-state index contributed by atoms with van der Waals surface area (Å²) in [6.45, 7) is 5.49. The minimum absolute atomic E-state index is 0.0448. The smallest absolute Gasteiger partial charge is 0.306 e. The second-order valence-electron chi connectivity index (χ2n) is 10.5. The molecule has 3 aromatic rings. The van der Waals surface area contributed by atoms with Gasteiger partial charge in [0.25, 0.3) is 0 Å². The molecule has 0 saturated heterocycles. The SMILES string of the molecule is CCOC(=O)C[C@@H](CC1CC1)c1cccc(OCc2ccc(-c3cc(OC)ccc3F)c(S(=O)(=O)C(C)C)c2)c1. The van der Waals surface area contributed by atoms with E-state index in [2.05, 4.69) is 0 Å². The van der Waals surface area contributed by atoms with Gasteiger partial charge >= 0.3 is 5.97 Å². The molecule has 0 heterocycles. The minimum atomic E-state index is -3.74. The molecule has 0 amide bonds. The van der Waals surface area contributed by atoms with Gasteiger partial charge in [0.15, 0.2) is 9.84 Å². The van der Waals surface area contributed by atoms with E-state index in [0.717, 1.165) is 12.0 Å². The molecule has 40 heavy (non-hydrogen) atoms. The lowest BCUT2D eigenvalue weighted by molar-refractivity contribution is -0.143. The summed E-state index contributed by atoms with van der Waals surface area (Å²) in [5.41, 5.74) is 2.09. The average molecular weight is 569 g/mol. The van der Waals surface area contributed by atoms with Crippen LogP contribution in [0.4, 0.5) is 4.39 Å². The number of hydrogen-bond donors (Lipinski definition) is 0. The van der Waals surface area contributed by atoms with Crippen molar-refractivity contribution in [2.45, 2.75) is 69.1 Å². The first-order valence-corrected chi connectivity index (χ1v) is 15.3. The van der Waals surface area contributed by atoms with Crippen molar-refractivity contribution in [3.63, 3.8) is 0 Å². The van der Waals surface area contributed by atoms with Gasteiger partial charge in [-0.25, -0.2) is 12.8 Å². The molecule has 0 aliphatic heterocycles. The Labute approximate surface area is 236 Å². The van der Waals surface area contributed by atoms with E-state index in [1.54, 1.807) is 39.0 Å². The third kappa shape index (κ3) is 7.22. The Hall–Kier alpha value is -3.39. The molecule has 0 bridgehead atoms. The number of halogens is 1. The Balaban J connectivity index is 1.60. The predicted octanol–water partition coefficient (Wildman–Crippen LogP) is 7.10. The van der Waals surface area contributed by atoms with Gasteiger partial charge in [0.05, 0.1) is 30.3 Å². The van der Waals surface area contributed by atoms with Crippen LogP contribution in [0.3, 0.4) is 0 Å². The van der Waals surface area contributed by atoms with Gasteiger partial charge in [-0.1, -0.05) is 37.1 Å². The normalized spacial score (nSPS) is 14.2. The van der Waals surface area contributed by atoms with E-state index in [-0.39, 0.29) is 34.5 Å². The van der Waals surface area contributed by atoms with Crippen LogP contribution in [0.5, 0.6) is 11.5 Å². The quantitative estimate of drug-likeness (QED) is 0.205. The summed E-state index contributed by atoms with van der Waals surface area (Å²) >= 11 is 0. The van der Waals surface area contributed by atoms with Gasteiger partial charge in [0.2, 0.25) is 0 Å². The zero-order valence-electron chi connectivity index (χ0n) is 23.5. The Kier molecular flexibility index (Phi) is 9.51. The van der Waals surface area contributed by atoms with Gasteiger partial charge in [0, 0.05) is 11.1 Å². The summed E-state index contributed by atoms with van der Waals surface area (Å²) in [6.07, 6.45) is 3.63. The van der Waals surface area contributed by atoms with Crippen LogP contribution in [0.2, 0.25) is 0 Å².